The van der Waals surface area contributed by atoms with Gasteiger partial charge in [-0.15, -0.1) is 0 Å². The standard InChI is InChI=1S/C17H23Cl2N3O4S/c1-13(17(23)21-8-10-26-11-9-21)20-4-6-22(7-5-20)27(24,25)16-12-14(18)2-3-15(16)19/h2-3,12-13H,4-11H2,1H3. The molecule has 2 aliphatic rings. The summed E-state index contributed by atoms with van der Waals surface area (Å²) in [6.07, 6.45) is 0. The van der Waals surface area contributed by atoms with E-state index in [-0.39, 0.29) is 21.9 Å². The fourth-order valence-corrected chi connectivity index (χ4v) is 5.51. The molecule has 0 radical (unpaired) electrons. The maximum absolute atomic E-state index is 12.9. The minimum atomic E-state index is -3.73. The average molecular weight is 436 g/mol. The fourth-order valence-electron chi connectivity index (χ4n) is 3.35. The first-order valence-electron chi connectivity index (χ1n) is 8.86. The van der Waals surface area contributed by atoms with Crippen LogP contribution >= 0.6 is 23.2 Å². The molecule has 1 amide bonds. The maximum Gasteiger partial charge on any atom is 0.244 e. The van der Waals surface area contributed by atoms with Crippen LogP contribution in [-0.2, 0) is 19.6 Å². The molecule has 10 heteroatoms. The van der Waals surface area contributed by atoms with Crippen molar-refractivity contribution in [2.24, 2.45) is 0 Å². The summed E-state index contributed by atoms with van der Waals surface area (Å²) in [6, 6.07) is 4.12. The second kappa shape index (κ2) is 8.63. The quantitative estimate of drug-likeness (QED) is 0.717. The predicted molar refractivity (Wildman–Crippen MR) is 104 cm³/mol. The Morgan fingerprint density at radius 1 is 1.07 bits per heavy atom. The van der Waals surface area contributed by atoms with E-state index in [0.29, 0.717) is 57.5 Å². The van der Waals surface area contributed by atoms with E-state index in [0.717, 1.165) is 0 Å². The summed E-state index contributed by atoms with van der Waals surface area (Å²) in [6.45, 7) is 5.75. The highest BCUT2D eigenvalue weighted by atomic mass is 35.5. The van der Waals surface area contributed by atoms with Gasteiger partial charge in [-0.05, 0) is 25.1 Å². The lowest BCUT2D eigenvalue weighted by Gasteiger charge is -2.39. The Morgan fingerprint density at radius 2 is 1.70 bits per heavy atom. The van der Waals surface area contributed by atoms with Crippen LogP contribution < -0.4 is 0 Å². The summed E-state index contributed by atoms with van der Waals surface area (Å²) >= 11 is 12.0. The fraction of sp³-hybridized carbons (Fsp3) is 0.588. The molecule has 2 aliphatic heterocycles. The smallest absolute Gasteiger partial charge is 0.244 e. The zero-order chi connectivity index (χ0) is 19.6. The maximum atomic E-state index is 12.9. The van der Waals surface area contributed by atoms with Crippen LogP contribution in [0.15, 0.2) is 23.1 Å². The molecule has 0 aliphatic carbocycles. The number of hydrogen-bond donors (Lipinski definition) is 0. The van der Waals surface area contributed by atoms with Crippen LogP contribution in [0, 0.1) is 0 Å². The van der Waals surface area contributed by atoms with Crippen molar-refractivity contribution in [3.8, 4) is 0 Å². The topological polar surface area (TPSA) is 70.2 Å². The number of nitrogens with zero attached hydrogens (tertiary/aromatic N) is 3. The summed E-state index contributed by atoms with van der Waals surface area (Å²) in [5.41, 5.74) is 0. The first-order chi connectivity index (χ1) is 12.8. The molecule has 0 N–H and O–H groups in total. The van der Waals surface area contributed by atoms with Gasteiger partial charge < -0.3 is 9.64 Å². The number of ether oxygens (including phenoxy) is 1. The average Bonchev–Trinajstić information content (AvgIpc) is 2.69. The molecule has 0 aromatic heterocycles. The van der Waals surface area contributed by atoms with E-state index < -0.39 is 10.0 Å². The minimum Gasteiger partial charge on any atom is -0.378 e. The van der Waals surface area contributed by atoms with Crippen molar-refractivity contribution in [3.05, 3.63) is 28.2 Å². The van der Waals surface area contributed by atoms with Gasteiger partial charge in [-0.25, -0.2) is 8.42 Å². The van der Waals surface area contributed by atoms with Crippen molar-refractivity contribution in [3.63, 3.8) is 0 Å². The molecule has 0 saturated carbocycles. The van der Waals surface area contributed by atoms with Gasteiger partial charge in [0.05, 0.1) is 24.3 Å². The molecule has 27 heavy (non-hydrogen) atoms. The third-order valence-corrected chi connectivity index (χ3v) is 7.63. The molecular weight excluding hydrogens is 413 g/mol. The molecule has 2 saturated heterocycles. The number of amides is 1. The van der Waals surface area contributed by atoms with Crippen molar-refractivity contribution in [2.45, 2.75) is 17.9 Å². The largest absolute Gasteiger partial charge is 0.378 e. The summed E-state index contributed by atoms with van der Waals surface area (Å²) in [7, 11) is -3.73. The van der Waals surface area contributed by atoms with Gasteiger partial charge in [0.1, 0.15) is 4.90 Å². The Labute approximate surface area is 169 Å². The second-order valence-electron chi connectivity index (χ2n) is 6.63. The molecule has 150 valence electrons. The molecule has 1 aromatic rings. The SMILES string of the molecule is CC(C(=O)N1CCOCC1)N1CCN(S(=O)(=O)c2cc(Cl)ccc2Cl)CC1. The van der Waals surface area contributed by atoms with Gasteiger partial charge in [-0.1, -0.05) is 23.2 Å². The lowest BCUT2D eigenvalue weighted by atomic mass is 10.2. The molecule has 1 aromatic carbocycles. The number of hydrogen-bond acceptors (Lipinski definition) is 5. The Kier molecular flexibility index (Phi) is 6.66. The van der Waals surface area contributed by atoms with Gasteiger partial charge in [0.15, 0.2) is 0 Å². The third-order valence-electron chi connectivity index (χ3n) is 5.01. The normalized spacial score (nSPS) is 21.2. The number of piperazine rings is 1. The first kappa shape index (κ1) is 20.8. The van der Waals surface area contributed by atoms with E-state index in [1.165, 1.54) is 16.4 Å². The summed E-state index contributed by atoms with van der Waals surface area (Å²) in [4.78, 5) is 16.5. The highest BCUT2D eigenvalue weighted by molar-refractivity contribution is 7.89. The van der Waals surface area contributed by atoms with Crippen LogP contribution in [-0.4, -0.2) is 87.0 Å². The summed E-state index contributed by atoms with van der Waals surface area (Å²) in [5.74, 6) is 0.0625. The number of sulfonamides is 1. The minimum absolute atomic E-state index is 0.0163. The van der Waals surface area contributed by atoms with E-state index in [4.69, 9.17) is 27.9 Å². The number of rotatable bonds is 4. The Morgan fingerprint density at radius 3 is 2.33 bits per heavy atom. The molecular formula is C17H23Cl2N3O4S. The van der Waals surface area contributed by atoms with Crippen LogP contribution in [0.5, 0.6) is 0 Å². The van der Waals surface area contributed by atoms with Crippen LogP contribution in [0.2, 0.25) is 10.0 Å². The van der Waals surface area contributed by atoms with Gasteiger partial charge in [-0.3, -0.25) is 9.69 Å². The van der Waals surface area contributed by atoms with Gasteiger partial charge in [0, 0.05) is 44.3 Å². The molecule has 1 atom stereocenters. The number of carbonyl (C=O) groups excluding carboxylic acids is 1. The molecule has 0 bridgehead atoms. The Balaban J connectivity index is 1.64. The van der Waals surface area contributed by atoms with Gasteiger partial charge >= 0.3 is 0 Å². The number of halogens is 2. The molecule has 7 nitrogen and oxygen atoms in total. The monoisotopic (exact) mass is 435 g/mol. The number of morpholine rings is 1. The molecule has 2 fully saturated rings. The van der Waals surface area contributed by atoms with Crippen molar-refractivity contribution in [1.82, 2.24) is 14.1 Å². The van der Waals surface area contributed by atoms with E-state index in [1.807, 2.05) is 16.7 Å². The number of benzene rings is 1. The lowest BCUT2D eigenvalue weighted by molar-refractivity contribution is -0.140. The number of carbonyl (C=O) groups is 1. The van der Waals surface area contributed by atoms with Crippen LogP contribution in [0.3, 0.4) is 0 Å². The van der Waals surface area contributed by atoms with E-state index in [1.54, 1.807) is 6.07 Å². The van der Waals surface area contributed by atoms with Crippen molar-refractivity contribution < 1.29 is 17.9 Å². The molecule has 0 spiro atoms. The predicted octanol–water partition coefficient (Wildman–Crippen LogP) is 1.55. The van der Waals surface area contributed by atoms with Gasteiger partial charge in [0.2, 0.25) is 15.9 Å². The second-order valence-corrected chi connectivity index (χ2v) is 9.38. The summed E-state index contributed by atoms with van der Waals surface area (Å²) in [5, 5.41) is 0.471. The van der Waals surface area contributed by atoms with Crippen molar-refractivity contribution in [1.29, 1.82) is 0 Å². The van der Waals surface area contributed by atoms with Crippen LogP contribution in [0.4, 0.5) is 0 Å². The Bertz CT molecular complexity index is 791. The van der Waals surface area contributed by atoms with Crippen molar-refractivity contribution in [2.75, 3.05) is 52.5 Å². The zero-order valence-electron chi connectivity index (χ0n) is 15.1. The van der Waals surface area contributed by atoms with Gasteiger partial charge in [0.25, 0.3) is 0 Å². The van der Waals surface area contributed by atoms with Crippen LogP contribution in [0.1, 0.15) is 6.92 Å². The van der Waals surface area contributed by atoms with E-state index in [2.05, 4.69) is 0 Å². The lowest BCUT2D eigenvalue weighted by Crippen LogP contribution is -2.56. The van der Waals surface area contributed by atoms with Gasteiger partial charge in [-0.2, -0.15) is 4.31 Å². The van der Waals surface area contributed by atoms with E-state index in [9.17, 15) is 13.2 Å². The zero-order valence-corrected chi connectivity index (χ0v) is 17.4. The molecule has 2 heterocycles. The molecule has 1 unspecified atom stereocenters. The van der Waals surface area contributed by atoms with Crippen LogP contribution in [0.25, 0.3) is 0 Å². The van der Waals surface area contributed by atoms with Crippen molar-refractivity contribution >= 4 is 39.1 Å². The summed E-state index contributed by atoms with van der Waals surface area (Å²) < 4.78 is 32.5. The first-order valence-corrected chi connectivity index (χ1v) is 11.1. The Hall–Kier alpha value is -0.900. The highest BCUT2D eigenvalue weighted by Gasteiger charge is 2.34. The highest BCUT2D eigenvalue weighted by Crippen LogP contribution is 2.28. The molecule has 3 rings (SSSR count). The van der Waals surface area contributed by atoms with E-state index >= 15 is 0 Å². The third kappa shape index (κ3) is 4.58.